The van der Waals surface area contributed by atoms with E-state index in [-0.39, 0.29) is 16.7 Å². The first-order valence-corrected chi connectivity index (χ1v) is 20.2. The highest BCUT2D eigenvalue weighted by Crippen LogP contribution is 2.65. The Morgan fingerprint density at radius 1 is 0.846 bits per heavy atom. The molecular formula is C44H43N3O3S2. The third-order valence-electron chi connectivity index (χ3n) is 11.4. The van der Waals surface area contributed by atoms with Crippen LogP contribution in [0.1, 0.15) is 60.9 Å². The fourth-order valence-electron chi connectivity index (χ4n) is 9.63. The van der Waals surface area contributed by atoms with Gasteiger partial charge in [0.2, 0.25) is 0 Å². The zero-order chi connectivity index (χ0) is 36.3. The van der Waals surface area contributed by atoms with Gasteiger partial charge in [-0.2, -0.15) is 0 Å². The van der Waals surface area contributed by atoms with E-state index < -0.39 is 5.60 Å². The predicted octanol–water partition coefficient (Wildman–Crippen LogP) is 12.1. The molecule has 6 nitrogen and oxygen atoms in total. The standard InChI is InChI=1S/C44H43N3O3S2/c1-42(2)23-27(25-46-47-45)24-43(26-42)36-10-8-7-9-32(36)39-34-21-37(51-5)38(52-6)22-35(34)41-33(40(39)43)19-20-44(50-41,28-11-15-30(48-3)16-12-28)29-13-17-31(49-4)18-14-29/h7-22,27H,23-26H2,1-6H3. The zero-order valence-corrected chi connectivity index (χ0v) is 32.2. The van der Waals surface area contributed by atoms with Gasteiger partial charge in [-0.1, -0.05) is 73.6 Å². The number of fused-ring (bicyclic) bond motifs is 10. The van der Waals surface area contributed by atoms with Crippen molar-refractivity contribution in [1.29, 1.82) is 0 Å². The van der Waals surface area contributed by atoms with Gasteiger partial charge in [0.05, 0.1) is 14.2 Å². The molecule has 2 atom stereocenters. The Balaban J connectivity index is 1.47. The van der Waals surface area contributed by atoms with Crippen LogP contribution in [0.15, 0.2) is 106 Å². The summed E-state index contributed by atoms with van der Waals surface area (Å²) in [5, 5.41) is 6.46. The highest BCUT2D eigenvalue weighted by Gasteiger charge is 2.53. The average Bonchev–Trinajstić information content (AvgIpc) is 3.44. The summed E-state index contributed by atoms with van der Waals surface area (Å²) in [4.78, 5) is 5.69. The minimum Gasteiger partial charge on any atom is -0.497 e. The molecule has 2 unspecified atom stereocenters. The van der Waals surface area contributed by atoms with Gasteiger partial charge in [-0.05, 0) is 119 Å². The van der Waals surface area contributed by atoms with Crippen molar-refractivity contribution in [2.24, 2.45) is 16.4 Å². The Morgan fingerprint density at radius 2 is 1.46 bits per heavy atom. The van der Waals surface area contributed by atoms with Gasteiger partial charge < -0.3 is 14.2 Å². The van der Waals surface area contributed by atoms with Crippen molar-refractivity contribution >= 4 is 40.4 Å². The SMILES string of the molecule is COc1ccc(C2(c3ccc(OC)cc3)C=Cc3c4c(c5cc(SC)c(SC)cc5c3O2)-c2ccccc2C42CC(CN=[N+]=[N-])CC(C)(C)C2)cc1. The van der Waals surface area contributed by atoms with Gasteiger partial charge in [0.25, 0.3) is 0 Å². The molecule has 1 fully saturated rings. The average molecular weight is 726 g/mol. The smallest absolute Gasteiger partial charge is 0.178 e. The minimum atomic E-state index is -0.918. The monoisotopic (exact) mass is 725 g/mol. The first-order valence-electron chi connectivity index (χ1n) is 17.7. The van der Waals surface area contributed by atoms with Crippen molar-refractivity contribution in [2.45, 2.75) is 53.9 Å². The van der Waals surface area contributed by atoms with E-state index in [2.05, 4.69) is 109 Å². The molecular weight excluding hydrogens is 683 g/mol. The number of azide groups is 1. The lowest BCUT2D eigenvalue weighted by Gasteiger charge is -2.49. The summed E-state index contributed by atoms with van der Waals surface area (Å²) in [7, 11) is 3.38. The van der Waals surface area contributed by atoms with Crippen molar-refractivity contribution in [3.63, 3.8) is 0 Å². The van der Waals surface area contributed by atoms with Gasteiger partial charge in [0.1, 0.15) is 17.2 Å². The molecule has 8 heteroatoms. The van der Waals surface area contributed by atoms with Gasteiger partial charge >= 0.3 is 0 Å². The highest BCUT2D eigenvalue weighted by atomic mass is 32.2. The summed E-state index contributed by atoms with van der Waals surface area (Å²) >= 11 is 3.56. The molecule has 0 bridgehead atoms. The number of rotatable bonds is 8. The van der Waals surface area contributed by atoms with E-state index in [1.54, 1.807) is 37.7 Å². The Bertz CT molecular complexity index is 2230. The second kappa shape index (κ2) is 13.2. The first kappa shape index (κ1) is 34.6. The number of thioether (sulfide) groups is 2. The molecule has 5 aromatic rings. The van der Waals surface area contributed by atoms with Crippen LogP contribution in [0.3, 0.4) is 0 Å². The summed E-state index contributed by atoms with van der Waals surface area (Å²) in [6.45, 7) is 5.26. The Hall–Kier alpha value is -4.49. The van der Waals surface area contributed by atoms with E-state index in [1.165, 1.54) is 37.4 Å². The lowest BCUT2D eigenvalue weighted by atomic mass is 9.56. The van der Waals surface area contributed by atoms with Gasteiger partial charge in [-0.15, -0.1) is 23.5 Å². The molecule has 1 aliphatic heterocycles. The van der Waals surface area contributed by atoms with Gasteiger partial charge in [-0.25, -0.2) is 0 Å². The normalized spacial score (nSPS) is 20.4. The molecule has 0 N–H and O–H groups in total. The van der Waals surface area contributed by atoms with Crippen LogP contribution in [-0.2, 0) is 11.0 Å². The van der Waals surface area contributed by atoms with Crippen molar-refractivity contribution in [3.05, 3.63) is 129 Å². The Morgan fingerprint density at radius 3 is 2.06 bits per heavy atom. The lowest BCUT2D eigenvalue weighted by molar-refractivity contribution is 0.122. The first-order chi connectivity index (χ1) is 25.2. The lowest BCUT2D eigenvalue weighted by Crippen LogP contribution is -2.42. The van der Waals surface area contributed by atoms with Crippen LogP contribution in [0, 0.1) is 11.3 Å². The maximum atomic E-state index is 9.38. The van der Waals surface area contributed by atoms with Crippen LogP contribution in [0.2, 0.25) is 0 Å². The maximum absolute atomic E-state index is 9.38. The van der Waals surface area contributed by atoms with Crippen molar-refractivity contribution in [2.75, 3.05) is 33.3 Å². The molecule has 52 heavy (non-hydrogen) atoms. The number of hydrogen-bond acceptors (Lipinski definition) is 6. The van der Waals surface area contributed by atoms with E-state index in [1.807, 2.05) is 24.3 Å². The number of ether oxygens (including phenoxy) is 3. The van der Waals surface area contributed by atoms with Crippen molar-refractivity contribution in [3.8, 4) is 28.4 Å². The Labute approximate surface area is 314 Å². The largest absolute Gasteiger partial charge is 0.497 e. The number of nitrogens with zero attached hydrogens (tertiary/aromatic N) is 3. The molecule has 0 radical (unpaired) electrons. The molecule has 5 aromatic carbocycles. The molecule has 1 spiro atoms. The summed E-state index contributed by atoms with van der Waals surface area (Å²) in [5.41, 5.74) is 16.7. The third-order valence-corrected chi connectivity index (χ3v) is 13.1. The van der Waals surface area contributed by atoms with Gasteiger partial charge in [-0.3, -0.25) is 0 Å². The van der Waals surface area contributed by atoms with Crippen LogP contribution >= 0.6 is 23.5 Å². The van der Waals surface area contributed by atoms with Crippen molar-refractivity contribution in [1.82, 2.24) is 0 Å². The number of methoxy groups -OCH3 is 2. The van der Waals surface area contributed by atoms with Crippen LogP contribution in [0.4, 0.5) is 0 Å². The predicted molar refractivity (Wildman–Crippen MR) is 215 cm³/mol. The molecule has 0 aromatic heterocycles. The number of benzene rings is 5. The second-order valence-electron chi connectivity index (χ2n) is 15.0. The molecule has 8 rings (SSSR count). The van der Waals surface area contributed by atoms with E-state index in [0.29, 0.717) is 6.54 Å². The van der Waals surface area contributed by atoms with E-state index >= 15 is 0 Å². The van der Waals surface area contributed by atoms with E-state index in [0.717, 1.165) is 58.6 Å². The summed E-state index contributed by atoms with van der Waals surface area (Å²) in [5.74, 6) is 2.73. The summed E-state index contributed by atoms with van der Waals surface area (Å²) in [6, 6.07) is 30.2. The fraction of sp³-hybridized carbons (Fsp3) is 0.318. The van der Waals surface area contributed by atoms with E-state index in [9.17, 15) is 5.53 Å². The summed E-state index contributed by atoms with van der Waals surface area (Å²) < 4.78 is 18.8. The molecule has 264 valence electrons. The van der Waals surface area contributed by atoms with Crippen LogP contribution in [-0.4, -0.2) is 33.3 Å². The molecule has 1 heterocycles. The highest BCUT2D eigenvalue weighted by molar-refractivity contribution is 8.01. The number of hydrogen-bond donors (Lipinski definition) is 0. The molecule has 0 saturated heterocycles. The molecule has 0 amide bonds. The fourth-order valence-corrected chi connectivity index (χ4v) is 11.1. The topological polar surface area (TPSA) is 76.5 Å². The Kier molecular flexibility index (Phi) is 8.76. The van der Waals surface area contributed by atoms with Gasteiger partial charge in [0.15, 0.2) is 5.60 Å². The van der Waals surface area contributed by atoms with Gasteiger partial charge in [0, 0.05) is 48.7 Å². The third kappa shape index (κ3) is 5.38. The van der Waals surface area contributed by atoms with Crippen LogP contribution < -0.4 is 14.2 Å². The van der Waals surface area contributed by atoms with E-state index in [4.69, 9.17) is 14.2 Å². The zero-order valence-electron chi connectivity index (χ0n) is 30.5. The van der Waals surface area contributed by atoms with Crippen LogP contribution in [0.25, 0.3) is 38.4 Å². The van der Waals surface area contributed by atoms with Crippen LogP contribution in [0.5, 0.6) is 17.2 Å². The molecule has 2 aliphatic carbocycles. The quantitative estimate of drug-likeness (QED) is 0.0689. The second-order valence-corrected chi connectivity index (χ2v) is 16.7. The van der Waals surface area contributed by atoms with Crippen molar-refractivity contribution < 1.29 is 14.2 Å². The minimum absolute atomic E-state index is 0.0206. The summed E-state index contributed by atoms with van der Waals surface area (Å²) in [6.07, 6.45) is 11.8. The molecule has 3 aliphatic rings. The molecule has 1 saturated carbocycles. The maximum Gasteiger partial charge on any atom is 0.178 e.